The number of hydrogen-bond donors (Lipinski definition) is 1. The topological polar surface area (TPSA) is 111 Å². The maximum Gasteiger partial charge on any atom is 0.416 e. The Kier molecular flexibility index (Phi) is 8.06. The van der Waals surface area contributed by atoms with Crippen molar-refractivity contribution >= 4 is 17.5 Å². The van der Waals surface area contributed by atoms with E-state index in [1.54, 1.807) is 29.2 Å². The van der Waals surface area contributed by atoms with E-state index >= 15 is 0 Å². The average molecular weight is 602 g/mol. The lowest BCUT2D eigenvalue weighted by atomic mass is 10.0. The van der Waals surface area contributed by atoms with Crippen LogP contribution in [-0.4, -0.2) is 70.4 Å². The molecule has 0 spiro atoms. The summed E-state index contributed by atoms with van der Waals surface area (Å²) in [7, 11) is 0. The summed E-state index contributed by atoms with van der Waals surface area (Å²) in [6.07, 6.45) is -5.53. The van der Waals surface area contributed by atoms with Gasteiger partial charge in [0.2, 0.25) is 0 Å². The number of aromatic nitrogens is 6. The zero-order valence-corrected chi connectivity index (χ0v) is 23.5. The van der Waals surface area contributed by atoms with Crippen molar-refractivity contribution < 1.29 is 23.1 Å². The summed E-state index contributed by atoms with van der Waals surface area (Å²) in [6, 6.07) is 13.0. The summed E-state index contributed by atoms with van der Waals surface area (Å²) in [5.74, 6) is -0.104. The molecule has 2 aromatic heterocycles. The molecule has 0 radical (unpaired) electrons. The van der Waals surface area contributed by atoms with Crippen LogP contribution in [0, 0.1) is 0 Å². The van der Waals surface area contributed by atoms with Crippen LogP contribution >= 0.6 is 11.6 Å². The monoisotopic (exact) mass is 601 g/mol. The minimum atomic E-state index is -4.94. The fourth-order valence-electron chi connectivity index (χ4n) is 4.63. The van der Waals surface area contributed by atoms with Crippen LogP contribution in [0.25, 0.3) is 17.1 Å². The number of halogens is 4. The zero-order chi connectivity index (χ0) is 30.2. The van der Waals surface area contributed by atoms with Crippen LogP contribution in [0.15, 0.2) is 70.8 Å². The molecule has 1 atom stereocenters. The van der Waals surface area contributed by atoms with Gasteiger partial charge in [-0.25, -0.2) is 19.1 Å². The average Bonchev–Trinajstić information content (AvgIpc) is 3.54. The summed E-state index contributed by atoms with van der Waals surface area (Å²) in [6.45, 7) is 3.88. The smallest absolute Gasteiger partial charge is 0.382 e. The molecule has 1 aliphatic heterocycles. The molecule has 1 N–H and O–H groups in total. The Morgan fingerprint density at radius 3 is 2.48 bits per heavy atom. The van der Waals surface area contributed by atoms with Crippen molar-refractivity contribution in [2.24, 2.45) is 0 Å². The maximum atomic E-state index is 13.4. The molecule has 1 aliphatic rings. The molecule has 3 heterocycles. The van der Waals surface area contributed by atoms with E-state index in [4.69, 9.17) is 11.6 Å². The zero-order valence-electron chi connectivity index (χ0n) is 22.7. The summed E-state index contributed by atoms with van der Waals surface area (Å²) in [5, 5.41) is 18.7. The van der Waals surface area contributed by atoms with Gasteiger partial charge in [0.1, 0.15) is 12.9 Å². The molecule has 4 aromatic rings. The first kappa shape index (κ1) is 29.3. The number of carbonyl (C=O) groups is 1. The first-order valence-electron chi connectivity index (χ1n) is 13.0. The Morgan fingerprint density at radius 2 is 1.79 bits per heavy atom. The summed E-state index contributed by atoms with van der Waals surface area (Å²) in [4.78, 5) is 32.6. The molecule has 5 rings (SSSR count). The maximum absolute atomic E-state index is 13.4. The van der Waals surface area contributed by atoms with Gasteiger partial charge in [-0.1, -0.05) is 34.9 Å². The van der Waals surface area contributed by atoms with E-state index in [-0.39, 0.29) is 24.1 Å². The highest BCUT2D eigenvalue weighted by Gasteiger charge is 2.39. The number of benzene rings is 2. The normalized spacial score (nSPS) is 14.9. The first-order chi connectivity index (χ1) is 19.9. The van der Waals surface area contributed by atoms with Gasteiger partial charge in [0, 0.05) is 23.7 Å². The van der Waals surface area contributed by atoms with Crippen molar-refractivity contribution in [3.8, 4) is 17.1 Å². The van der Waals surface area contributed by atoms with E-state index in [2.05, 4.69) is 22.1 Å². The Balaban J connectivity index is 1.45. The van der Waals surface area contributed by atoms with Crippen molar-refractivity contribution in [2.75, 3.05) is 13.1 Å². The van der Waals surface area contributed by atoms with Gasteiger partial charge in [-0.15, -0.1) is 10.2 Å². The Morgan fingerprint density at radius 1 is 1.07 bits per heavy atom. The molecule has 0 aliphatic carbocycles. The van der Waals surface area contributed by atoms with Gasteiger partial charge in [0.05, 0.1) is 17.8 Å². The number of carbonyl (C=O) groups excluding carboxylic acids is 1. The van der Waals surface area contributed by atoms with Crippen LogP contribution in [0.3, 0.4) is 0 Å². The fraction of sp³-hybridized carbons (Fsp3) is 0.321. The third-order valence-corrected chi connectivity index (χ3v) is 7.42. The minimum Gasteiger partial charge on any atom is -0.382 e. The van der Waals surface area contributed by atoms with E-state index in [1.165, 1.54) is 40.8 Å². The number of aliphatic hydroxyl groups excluding tert-OH is 1. The van der Waals surface area contributed by atoms with Crippen molar-refractivity contribution in [2.45, 2.75) is 45.6 Å². The van der Waals surface area contributed by atoms with Crippen LogP contribution in [0.1, 0.15) is 36.5 Å². The lowest BCUT2D eigenvalue weighted by Crippen LogP contribution is -2.37. The second-order valence-corrected chi connectivity index (χ2v) is 10.5. The highest BCUT2D eigenvalue weighted by molar-refractivity contribution is 6.30. The van der Waals surface area contributed by atoms with Crippen LogP contribution in [0.4, 0.5) is 13.2 Å². The number of amides is 1. The standard InChI is InChI=1S/C28H27ClF3N7O3/c1-17-11-12-36(13-18(17)2)26(41)21-5-3-4-6-22(21)39-16-33-24(34-39)15-38-27(42)37(14-23(40)28(30,31)32)25(35-38)19-7-9-20(29)10-8-19/h3-10,16,23,40H,11-15H2,1-2H3. The number of para-hydroxylation sites is 1. The third-order valence-electron chi connectivity index (χ3n) is 7.17. The number of rotatable bonds is 7. The van der Waals surface area contributed by atoms with Gasteiger partial charge in [-0.2, -0.15) is 13.2 Å². The number of nitrogens with zero attached hydrogens (tertiary/aromatic N) is 7. The van der Waals surface area contributed by atoms with Crippen LogP contribution < -0.4 is 5.69 Å². The second kappa shape index (κ2) is 11.6. The Labute approximate surface area is 243 Å². The predicted octanol–water partition coefficient (Wildman–Crippen LogP) is 4.10. The summed E-state index contributed by atoms with van der Waals surface area (Å²) < 4.78 is 42.6. The fourth-order valence-corrected chi connectivity index (χ4v) is 4.76. The molecule has 42 heavy (non-hydrogen) atoms. The molecule has 0 saturated carbocycles. The predicted molar refractivity (Wildman–Crippen MR) is 148 cm³/mol. The summed E-state index contributed by atoms with van der Waals surface area (Å²) in [5.41, 5.74) is 2.78. The third kappa shape index (κ3) is 6.02. The van der Waals surface area contributed by atoms with Gasteiger partial charge in [-0.05, 0) is 56.7 Å². The molecule has 0 bridgehead atoms. The van der Waals surface area contributed by atoms with Gasteiger partial charge >= 0.3 is 11.9 Å². The number of hydrogen-bond acceptors (Lipinski definition) is 6. The first-order valence-corrected chi connectivity index (χ1v) is 13.4. The van der Waals surface area contributed by atoms with Crippen molar-refractivity contribution in [1.29, 1.82) is 0 Å². The van der Waals surface area contributed by atoms with Gasteiger partial charge in [0.25, 0.3) is 5.91 Å². The lowest BCUT2D eigenvalue weighted by molar-refractivity contribution is -0.207. The molecule has 220 valence electrons. The van der Waals surface area contributed by atoms with E-state index in [1.807, 2.05) is 6.92 Å². The summed E-state index contributed by atoms with van der Waals surface area (Å²) >= 11 is 5.94. The molecule has 1 unspecified atom stereocenters. The number of alkyl halides is 3. The Bertz CT molecular complexity index is 1710. The van der Waals surface area contributed by atoms with E-state index in [9.17, 15) is 27.9 Å². The van der Waals surface area contributed by atoms with Gasteiger partial charge in [0.15, 0.2) is 17.8 Å². The second-order valence-electron chi connectivity index (χ2n) is 10.1. The largest absolute Gasteiger partial charge is 0.416 e. The molecular weight excluding hydrogens is 575 g/mol. The highest BCUT2D eigenvalue weighted by atomic mass is 35.5. The molecule has 0 saturated heterocycles. The van der Waals surface area contributed by atoms with Gasteiger partial charge < -0.3 is 10.0 Å². The molecule has 0 fully saturated rings. The molecule has 10 nitrogen and oxygen atoms in total. The molecule has 1 amide bonds. The Hall–Kier alpha value is -4.23. The quantitative estimate of drug-likeness (QED) is 0.319. The highest BCUT2D eigenvalue weighted by Crippen LogP contribution is 2.25. The van der Waals surface area contributed by atoms with E-state index < -0.39 is 24.5 Å². The van der Waals surface area contributed by atoms with E-state index in [0.29, 0.717) is 34.9 Å². The van der Waals surface area contributed by atoms with Gasteiger partial charge in [-0.3, -0.25) is 9.36 Å². The van der Waals surface area contributed by atoms with Crippen molar-refractivity contribution in [1.82, 2.24) is 34.0 Å². The minimum absolute atomic E-state index is 0.0866. The van der Waals surface area contributed by atoms with Crippen LogP contribution in [0.5, 0.6) is 0 Å². The molecular formula is C28H27ClF3N7O3. The number of aliphatic hydroxyl groups is 1. The van der Waals surface area contributed by atoms with Crippen molar-refractivity contribution in [3.05, 3.63) is 92.9 Å². The molecule has 2 aromatic carbocycles. The van der Waals surface area contributed by atoms with Crippen LogP contribution in [-0.2, 0) is 13.1 Å². The molecule has 14 heteroatoms. The SMILES string of the molecule is CC1=C(C)CN(C(=O)c2ccccc2-n2cnc(Cn3nc(-c4ccc(Cl)cc4)n(CC(O)C(F)(F)F)c3=O)n2)CC1. The van der Waals surface area contributed by atoms with Crippen molar-refractivity contribution in [3.63, 3.8) is 0 Å². The van der Waals surface area contributed by atoms with Crippen LogP contribution in [0.2, 0.25) is 5.02 Å². The van der Waals surface area contributed by atoms with E-state index in [0.717, 1.165) is 21.2 Å². The lowest BCUT2D eigenvalue weighted by Gasteiger charge is -2.29.